The zero-order chi connectivity index (χ0) is 14.5. The first-order chi connectivity index (χ1) is 10.3. The van der Waals surface area contributed by atoms with Crippen molar-refractivity contribution in [1.82, 2.24) is 4.98 Å². The molecule has 0 atom stereocenters. The molecule has 21 heavy (non-hydrogen) atoms. The highest BCUT2D eigenvalue weighted by Crippen LogP contribution is 2.25. The van der Waals surface area contributed by atoms with Gasteiger partial charge < -0.3 is 5.32 Å². The van der Waals surface area contributed by atoms with Crippen molar-refractivity contribution in [3.63, 3.8) is 0 Å². The Morgan fingerprint density at radius 2 is 1.48 bits per heavy atom. The molecule has 102 valence electrons. The number of nitrogens with zero attached hydrogens (tertiary/aromatic N) is 1. The molecule has 0 unspecified atom stereocenters. The first-order valence-corrected chi connectivity index (χ1v) is 6.71. The van der Waals surface area contributed by atoms with Crippen LogP contribution in [0.2, 0.25) is 0 Å². The van der Waals surface area contributed by atoms with Gasteiger partial charge in [0, 0.05) is 17.3 Å². The van der Waals surface area contributed by atoms with Gasteiger partial charge in [-0.1, -0.05) is 48.5 Å². The lowest BCUT2D eigenvalue weighted by Crippen LogP contribution is -2.12. The maximum Gasteiger partial charge on any atom is 0.255 e. The van der Waals surface area contributed by atoms with Crippen LogP contribution in [0.3, 0.4) is 0 Å². The minimum atomic E-state index is -0.138. The quantitative estimate of drug-likeness (QED) is 0.784. The second-order valence-corrected chi connectivity index (χ2v) is 4.59. The smallest absolute Gasteiger partial charge is 0.255 e. The van der Waals surface area contributed by atoms with E-state index in [0.29, 0.717) is 11.3 Å². The lowest BCUT2D eigenvalue weighted by Gasteiger charge is -2.10. The number of benzene rings is 2. The first-order valence-electron chi connectivity index (χ1n) is 6.71. The van der Waals surface area contributed by atoms with E-state index in [9.17, 15) is 4.79 Å². The monoisotopic (exact) mass is 274 g/mol. The van der Waals surface area contributed by atoms with Crippen LogP contribution in [0.25, 0.3) is 11.3 Å². The second-order valence-electron chi connectivity index (χ2n) is 4.59. The summed E-state index contributed by atoms with van der Waals surface area (Å²) in [5, 5.41) is 2.92. The Bertz CT molecular complexity index is 739. The van der Waals surface area contributed by atoms with Gasteiger partial charge in [0.05, 0.1) is 11.4 Å². The molecule has 1 heterocycles. The van der Waals surface area contributed by atoms with Crippen molar-refractivity contribution >= 4 is 11.6 Å². The number of hydrogen-bond acceptors (Lipinski definition) is 2. The van der Waals surface area contributed by atoms with E-state index in [-0.39, 0.29) is 5.91 Å². The first kappa shape index (κ1) is 13.1. The highest BCUT2D eigenvalue weighted by Gasteiger charge is 2.10. The third-order valence-electron chi connectivity index (χ3n) is 3.14. The number of aromatic nitrogens is 1. The van der Waals surface area contributed by atoms with Crippen molar-refractivity contribution < 1.29 is 4.79 Å². The molecule has 3 aromatic rings. The molecule has 0 spiro atoms. The van der Waals surface area contributed by atoms with Crippen LogP contribution in [-0.2, 0) is 0 Å². The lowest BCUT2D eigenvalue weighted by molar-refractivity contribution is 0.102. The van der Waals surface area contributed by atoms with Crippen molar-refractivity contribution in [2.24, 2.45) is 0 Å². The summed E-state index contributed by atoms with van der Waals surface area (Å²) in [5.41, 5.74) is 3.07. The Morgan fingerprint density at radius 3 is 2.19 bits per heavy atom. The van der Waals surface area contributed by atoms with Gasteiger partial charge in [0.15, 0.2) is 0 Å². The number of nitrogens with one attached hydrogen (secondary N) is 1. The normalized spacial score (nSPS) is 10.1. The molecule has 1 aromatic heterocycles. The number of pyridine rings is 1. The van der Waals surface area contributed by atoms with E-state index in [0.717, 1.165) is 11.3 Å². The van der Waals surface area contributed by atoms with Gasteiger partial charge in [0.1, 0.15) is 0 Å². The van der Waals surface area contributed by atoms with Crippen LogP contribution in [0.1, 0.15) is 10.4 Å². The summed E-state index contributed by atoms with van der Waals surface area (Å²) in [6, 6.07) is 22.6. The zero-order valence-electron chi connectivity index (χ0n) is 11.4. The average molecular weight is 274 g/mol. The highest BCUT2D eigenvalue weighted by molar-refractivity contribution is 6.05. The van der Waals surface area contributed by atoms with Crippen LogP contribution < -0.4 is 5.32 Å². The number of hydrogen-bond donors (Lipinski definition) is 1. The molecule has 0 aliphatic heterocycles. The van der Waals surface area contributed by atoms with Gasteiger partial charge >= 0.3 is 0 Å². The summed E-state index contributed by atoms with van der Waals surface area (Å²) in [4.78, 5) is 16.6. The van der Waals surface area contributed by atoms with Crippen molar-refractivity contribution in [3.8, 4) is 11.3 Å². The summed E-state index contributed by atoms with van der Waals surface area (Å²) >= 11 is 0. The van der Waals surface area contributed by atoms with Crippen LogP contribution in [0, 0.1) is 0 Å². The fraction of sp³-hybridized carbons (Fsp3) is 0. The molecule has 1 amide bonds. The van der Waals surface area contributed by atoms with Gasteiger partial charge in [-0.05, 0) is 24.3 Å². The molecule has 3 rings (SSSR count). The standard InChI is InChI=1S/C18H14N2O/c21-18(15-10-5-2-6-11-15)20-16-12-7-13-19-17(16)14-8-3-1-4-9-14/h1-13H,(H,20,21). The Hall–Kier alpha value is -2.94. The maximum atomic E-state index is 12.3. The number of carbonyl (C=O) groups excluding carboxylic acids is 1. The molecule has 2 aromatic carbocycles. The van der Waals surface area contributed by atoms with Gasteiger partial charge in [-0.2, -0.15) is 0 Å². The summed E-state index contributed by atoms with van der Waals surface area (Å²) in [7, 11) is 0. The molecular formula is C18H14N2O. The summed E-state index contributed by atoms with van der Waals surface area (Å²) in [5.74, 6) is -0.138. The van der Waals surface area contributed by atoms with Crippen molar-refractivity contribution in [2.75, 3.05) is 5.32 Å². The Balaban J connectivity index is 1.92. The lowest BCUT2D eigenvalue weighted by atomic mass is 10.1. The molecule has 3 heteroatoms. The fourth-order valence-electron chi connectivity index (χ4n) is 2.12. The molecule has 0 fully saturated rings. The van der Waals surface area contributed by atoms with Crippen molar-refractivity contribution in [1.29, 1.82) is 0 Å². The largest absolute Gasteiger partial charge is 0.320 e. The van der Waals surface area contributed by atoms with E-state index in [1.54, 1.807) is 18.3 Å². The van der Waals surface area contributed by atoms with Gasteiger partial charge in [-0.15, -0.1) is 0 Å². The summed E-state index contributed by atoms with van der Waals surface area (Å²) < 4.78 is 0. The van der Waals surface area contributed by atoms with E-state index >= 15 is 0 Å². The van der Waals surface area contributed by atoms with Gasteiger partial charge in [-0.25, -0.2) is 0 Å². The van der Waals surface area contributed by atoms with E-state index in [2.05, 4.69) is 10.3 Å². The predicted octanol–water partition coefficient (Wildman–Crippen LogP) is 4.00. The molecule has 0 radical (unpaired) electrons. The summed E-state index contributed by atoms with van der Waals surface area (Å²) in [6.45, 7) is 0. The molecule has 0 saturated carbocycles. The second kappa shape index (κ2) is 6.01. The molecule has 1 N–H and O–H groups in total. The van der Waals surface area contributed by atoms with Crippen molar-refractivity contribution in [3.05, 3.63) is 84.6 Å². The Kier molecular flexibility index (Phi) is 3.74. The number of amides is 1. The SMILES string of the molecule is O=C(Nc1cccnc1-c1ccccc1)c1ccccc1. The Labute approximate surface area is 123 Å². The van der Waals surface area contributed by atoms with Crippen LogP contribution in [0.4, 0.5) is 5.69 Å². The molecule has 0 saturated heterocycles. The molecule has 3 nitrogen and oxygen atoms in total. The minimum absolute atomic E-state index is 0.138. The fourth-order valence-corrected chi connectivity index (χ4v) is 2.12. The average Bonchev–Trinajstić information content (AvgIpc) is 2.57. The maximum absolute atomic E-state index is 12.3. The number of carbonyl (C=O) groups is 1. The minimum Gasteiger partial charge on any atom is -0.320 e. The topological polar surface area (TPSA) is 42.0 Å². The van der Waals surface area contributed by atoms with E-state index in [1.165, 1.54) is 0 Å². The highest BCUT2D eigenvalue weighted by atomic mass is 16.1. The van der Waals surface area contributed by atoms with Gasteiger partial charge in [0.25, 0.3) is 5.91 Å². The van der Waals surface area contributed by atoms with Crippen molar-refractivity contribution in [2.45, 2.75) is 0 Å². The number of anilines is 1. The summed E-state index contributed by atoms with van der Waals surface area (Å²) in [6.07, 6.45) is 1.72. The van der Waals surface area contributed by atoms with E-state index < -0.39 is 0 Å². The number of rotatable bonds is 3. The van der Waals surface area contributed by atoms with Gasteiger partial charge in [0.2, 0.25) is 0 Å². The van der Waals surface area contributed by atoms with Crippen LogP contribution in [0.15, 0.2) is 79.0 Å². The molecular weight excluding hydrogens is 260 g/mol. The molecule has 0 bridgehead atoms. The Morgan fingerprint density at radius 1 is 0.810 bits per heavy atom. The van der Waals surface area contributed by atoms with Crippen LogP contribution in [0.5, 0.6) is 0 Å². The van der Waals surface area contributed by atoms with E-state index in [1.807, 2.05) is 60.7 Å². The van der Waals surface area contributed by atoms with E-state index in [4.69, 9.17) is 0 Å². The predicted molar refractivity (Wildman–Crippen MR) is 84.1 cm³/mol. The van der Waals surface area contributed by atoms with Crippen LogP contribution >= 0.6 is 0 Å². The van der Waals surface area contributed by atoms with Gasteiger partial charge in [-0.3, -0.25) is 9.78 Å². The molecule has 0 aliphatic rings. The third-order valence-corrected chi connectivity index (χ3v) is 3.14. The van der Waals surface area contributed by atoms with Crippen LogP contribution in [-0.4, -0.2) is 10.9 Å². The third kappa shape index (κ3) is 2.98. The molecule has 0 aliphatic carbocycles. The zero-order valence-corrected chi connectivity index (χ0v) is 11.4.